The average Bonchev–Trinajstić information content (AvgIpc) is 3.53. The molecule has 1 aliphatic heterocycles. The summed E-state index contributed by atoms with van der Waals surface area (Å²) in [7, 11) is 0. The molecule has 0 spiro atoms. The smallest absolute Gasteiger partial charge is 0.418 e. The van der Waals surface area contributed by atoms with Gasteiger partial charge in [-0.05, 0) is 74.1 Å². The molecule has 5 nitrogen and oxygen atoms in total. The minimum Gasteiger partial charge on any atom is -0.467 e. The Hall–Kier alpha value is -3.59. The second kappa shape index (κ2) is 8.88. The van der Waals surface area contributed by atoms with Gasteiger partial charge in [-0.25, -0.2) is 0 Å². The van der Waals surface area contributed by atoms with Gasteiger partial charge in [-0.1, -0.05) is 18.2 Å². The molecule has 2 atom stereocenters. The van der Waals surface area contributed by atoms with Gasteiger partial charge in [0, 0.05) is 17.6 Å². The lowest BCUT2D eigenvalue weighted by Gasteiger charge is -2.27. The van der Waals surface area contributed by atoms with E-state index in [1.807, 2.05) is 55.1 Å². The summed E-state index contributed by atoms with van der Waals surface area (Å²) in [5.41, 5.74) is 2.49. The van der Waals surface area contributed by atoms with Crippen LogP contribution >= 0.6 is 12.2 Å². The van der Waals surface area contributed by atoms with E-state index in [9.17, 15) is 13.2 Å². The molecule has 4 aromatic rings. The predicted octanol–water partition coefficient (Wildman–Crippen LogP) is 6.27. The Morgan fingerprint density at radius 1 is 1.06 bits per heavy atom. The van der Waals surface area contributed by atoms with Gasteiger partial charge in [0.05, 0.1) is 41.8 Å². The largest absolute Gasteiger partial charge is 0.467 e. The first-order chi connectivity index (χ1) is 16.8. The molecule has 0 amide bonds. The molecule has 0 radical (unpaired) electrons. The fourth-order valence-electron chi connectivity index (χ4n) is 4.85. The van der Waals surface area contributed by atoms with E-state index in [4.69, 9.17) is 16.6 Å². The van der Waals surface area contributed by atoms with E-state index in [0.717, 1.165) is 23.1 Å². The second-order valence-electron chi connectivity index (χ2n) is 8.51. The van der Waals surface area contributed by atoms with Gasteiger partial charge in [-0.15, -0.1) is 0 Å². The molecule has 9 heteroatoms. The molecule has 1 aromatic carbocycles. The average molecular weight is 497 g/mol. The van der Waals surface area contributed by atoms with E-state index in [0.29, 0.717) is 23.0 Å². The Balaban J connectivity index is 1.65. The molecule has 1 N–H and O–H groups in total. The van der Waals surface area contributed by atoms with Gasteiger partial charge in [0.1, 0.15) is 5.76 Å². The summed E-state index contributed by atoms with van der Waals surface area (Å²) < 4.78 is 48.8. The molecule has 0 saturated carbocycles. The number of hydrogen-bond donors (Lipinski definition) is 1. The normalized spacial score (nSPS) is 18.2. The van der Waals surface area contributed by atoms with Crippen LogP contribution in [-0.4, -0.2) is 19.6 Å². The molecule has 5 rings (SSSR count). The third-order valence-electron chi connectivity index (χ3n) is 6.34. The van der Waals surface area contributed by atoms with Crippen molar-refractivity contribution in [2.45, 2.75) is 38.7 Å². The van der Waals surface area contributed by atoms with E-state index in [1.54, 1.807) is 23.1 Å². The molecule has 3 aromatic heterocycles. The van der Waals surface area contributed by atoms with Gasteiger partial charge in [0.25, 0.3) is 0 Å². The minimum atomic E-state index is -4.47. The van der Waals surface area contributed by atoms with E-state index < -0.39 is 11.7 Å². The number of benzene rings is 1. The number of nitrogens with zero attached hydrogens (tertiary/aromatic N) is 3. The van der Waals surface area contributed by atoms with Crippen LogP contribution in [0.1, 0.15) is 46.1 Å². The fourth-order valence-corrected chi connectivity index (χ4v) is 5.16. The maximum atomic E-state index is 13.8. The van der Waals surface area contributed by atoms with Gasteiger partial charge >= 0.3 is 6.18 Å². The lowest BCUT2D eigenvalue weighted by atomic mass is 9.96. The SMILES string of the molecule is Cc1cc([C@H]2[C@H](c3ccccn3)NC(=S)N2Cc2ccco2)c(C)n1-c1ccccc1C(F)(F)F. The topological polar surface area (TPSA) is 46.2 Å². The number of thiocarbonyl (C=S) groups is 1. The number of para-hydroxylation sites is 1. The van der Waals surface area contributed by atoms with Crippen LogP contribution in [0.4, 0.5) is 13.2 Å². The highest BCUT2D eigenvalue weighted by atomic mass is 32.1. The van der Waals surface area contributed by atoms with Crippen molar-refractivity contribution < 1.29 is 17.6 Å². The van der Waals surface area contributed by atoms with E-state index in [1.165, 1.54) is 12.1 Å². The van der Waals surface area contributed by atoms with Crippen molar-refractivity contribution in [2.75, 3.05) is 0 Å². The Morgan fingerprint density at radius 2 is 1.83 bits per heavy atom. The predicted molar refractivity (Wildman–Crippen MR) is 130 cm³/mol. The maximum Gasteiger partial charge on any atom is 0.418 e. The summed E-state index contributed by atoms with van der Waals surface area (Å²) in [4.78, 5) is 6.55. The Kier molecular flexibility index (Phi) is 5.88. The molecular weight excluding hydrogens is 473 g/mol. The zero-order chi connectivity index (χ0) is 24.7. The number of nitrogens with one attached hydrogen (secondary N) is 1. The first-order valence-electron chi connectivity index (χ1n) is 11.1. The summed E-state index contributed by atoms with van der Waals surface area (Å²) in [6, 6.07) is 16.3. The van der Waals surface area contributed by atoms with Crippen molar-refractivity contribution in [1.82, 2.24) is 19.8 Å². The summed E-state index contributed by atoms with van der Waals surface area (Å²) in [5, 5.41) is 3.91. The number of hydrogen-bond acceptors (Lipinski definition) is 3. The third-order valence-corrected chi connectivity index (χ3v) is 6.70. The lowest BCUT2D eigenvalue weighted by molar-refractivity contribution is -0.137. The van der Waals surface area contributed by atoms with Crippen molar-refractivity contribution in [3.05, 3.63) is 107 Å². The number of aromatic nitrogens is 2. The molecule has 4 heterocycles. The Labute approximate surface area is 206 Å². The van der Waals surface area contributed by atoms with Crippen LogP contribution in [0, 0.1) is 13.8 Å². The van der Waals surface area contributed by atoms with Crippen molar-refractivity contribution in [3.63, 3.8) is 0 Å². The Morgan fingerprint density at radius 3 is 2.51 bits per heavy atom. The van der Waals surface area contributed by atoms with Crippen LogP contribution < -0.4 is 5.32 Å². The number of pyridine rings is 1. The van der Waals surface area contributed by atoms with E-state index in [2.05, 4.69) is 10.3 Å². The van der Waals surface area contributed by atoms with Crippen molar-refractivity contribution in [3.8, 4) is 5.69 Å². The van der Waals surface area contributed by atoms with Crippen LogP contribution in [-0.2, 0) is 12.7 Å². The molecule has 1 saturated heterocycles. The second-order valence-corrected chi connectivity index (χ2v) is 8.90. The standard InChI is InChI=1S/C26H23F3N4OS/c1-16-14-19(17(2)33(16)22-11-4-3-9-20(22)26(27,28)29)24-23(21-10-5-6-12-30-21)31-25(35)32(24)15-18-8-7-13-34-18/h3-14,23-24H,15H2,1-2H3,(H,31,35)/t23-,24-/m0/s1. The Bertz CT molecular complexity index is 1350. The van der Waals surface area contributed by atoms with Crippen LogP contribution in [0.25, 0.3) is 5.69 Å². The van der Waals surface area contributed by atoms with Gasteiger partial charge < -0.3 is 19.2 Å². The molecule has 0 unspecified atom stereocenters. The monoisotopic (exact) mass is 496 g/mol. The van der Waals surface area contributed by atoms with Crippen LogP contribution in [0.2, 0.25) is 0 Å². The van der Waals surface area contributed by atoms with E-state index in [-0.39, 0.29) is 17.8 Å². The number of alkyl halides is 3. The highest BCUT2D eigenvalue weighted by Crippen LogP contribution is 2.43. The number of furan rings is 1. The van der Waals surface area contributed by atoms with Crippen LogP contribution in [0.15, 0.2) is 77.5 Å². The highest BCUT2D eigenvalue weighted by molar-refractivity contribution is 7.80. The minimum absolute atomic E-state index is 0.0988. The third kappa shape index (κ3) is 4.20. The number of rotatable bonds is 5. The zero-order valence-corrected chi connectivity index (χ0v) is 19.9. The van der Waals surface area contributed by atoms with Crippen molar-refractivity contribution >= 4 is 17.3 Å². The van der Waals surface area contributed by atoms with Crippen LogP contribution in [0.3, 0.4) is 0 Å². The zero-order valence-electron chi connectivity index (χ0n) is 19.1. The van der Waals surface area contributed by atoms with Crippen LogP contribution in [0.5, 0.6) is 0 Å². The summed E-state index contributed by atoms with van der Waals surface area (Å²) in [5.74, 6) is 0.733. The molecule has 1 aliphatic rings. The lowest BCUT2D eigenvalue weighted by Crippen LogP contribution is -2.29. The first-order valence-corrected chi connectivity index (χ1v) is 11.5. The fraction of sp³-hybridized carbons (Fsp3) is 0.231. The first kappa shape index (κ1) is 23.2. The van der Waals surface area contributed by atoms with Gasteiger partial charge in [0.2, 0.25) is 0 Å². The summed E-state index contributed by atoms with van der Waals surface area (Å²) >= 11 is 5.70. The molecule has 180 valence electrons. The number of aryl methyl sites for hydroxylation is 1. The number of halogens is 3. The molecule has 35 heavy (non-hydrogen) atoms. The molecule has 1 fully saturated rings. The van der Waals surface area contributed by atoms with Crippen molar-refractivity contribution in [2.24, 2.45) is 0 Å². The van der Waals surface area contributed by atoms with Crippen molar-refractivity contribution in [1.29, 1.82) is 0 Å². The highest BCUT2D eigenvalue weighted by Gasteiger charge is 2.42. The maximum absolute atomic E-state index is 13.8. The molecule has 0 bridgehead atoms. The summed E-state index contributed by atoms with van der Waals surface area (Å²) in [6.07, 6.45) is -1.15. The van der Waals surface area contributed by atoms with Gasteiger partial charge in [0.15, 0.2) is 5.11 Å². The quantitative estimate of drug-likeness (QED) is 0.330. The summed E-state index contributed by atoms with van der Waals surface area (Å²) in [6.45, 7) is 4.07. The van der Waals surface area contributed by atoms with Gasteiger partial charge in [-0.2, -0.15) is 13.2 Å². The molecular formula is C26H23F3N4OS. The van der Waals surface area contributed by atoms with E-state index >= 15 is 0 Å². The van der Waals surface area contributed by atoms with Gasteiger partial charge in [-0.3, -0.25) is 4.98 Å². The molecule has 0 aliphatic carbocycles.